The minimum absolute atomic E-state index is 0.159. The number of nitrogens with zero attached hydrogens (tertiary/aromatic N) is 4. The third-order valence-corrected chi connectivity index (χ3v) is 10.3. The van der Waals surface area contributed by atoms with Crippen molar-refractivity contribution in [2.24, 2.45) is 0 Å². The first-order valence-electron chi connectivity index (χ1n) is 20.9. The summed E-state index contributed by atoms with van der Waals surface area (Å²) in [5.74, 6) is 1.64. The highest BCUT2D eigenvalue weighted by Crippen LogP contribution is 2.44. The second-order valence-corrected chi connectivity index (χ2v) is 13.6. The minimum atomic E-state index is -0.420. The molecule has 262 valence electrons. The number of para-hydroxylation sites is 1. The monoisotopic (exact) mass is 721 g/mol. The van der Waals surface area contributed by atoms with Gasteiger partial charge in [0.1, 0.15) is 5.58 Å². The van der Waals surface area contributed by atoms with E-state index in [1.807, 2.05) is 133 Å². The van der Waals surface area contributed by atoms with E-state index in [9.17, 15) is 0 Å². The summed E-state index contributed by atoms with van der Waals surface area (Å²) in [7, 11) is 0. The van der Waals surface area contributed by atoms with Gasteiger partial charge >= 0.3 is 0 Å². The molecule has 0 bridgehead atoms. The number of hydrogen-bond acceptors (Lipinski definition) is 4. The second kappa shape index (κ2) is 13.0. The molecule has 0 saturated heterocycles. The van der Waals surface area contributed by atoms with Crippen molar-refractivity contribution in [1.82, 2.24) is 19.5 Å². The summed E-state index contributed by atoms with van der Waals surface area (Å²) >= 11 is 0. The summed E-state index contributed by atoms with van der Waals surface area (Å²) in [6.07, 6.45) is 0. The first-order valence-corrected chi connectivity index (χ1v) is 18.4. The maximum absolute atomic E-state index is 8.72. The van der Waals surface area contributed by atoms with E-state index in [0.717, 1.165) is 66.1 Å². The Bertz CT molecular complexity index is 3450. The van der Waals surface area contributed by atoms with Crippen molar-refractivity contribution in [1.29, 1.82) is 0 Å². The molecule has 0 aliphatic heterocycles. The fraction of sp³-hybridized carbons (Fsp3) is 0. The molecule has 8 aromatic carbocycles. The molecule has 3 heterocycles. The quantitative estimate of drug-likeness (QED) is 0.172. The number of rotatable bonds is 6. The Morgan fingerprint density at radius 3 is 1.75 bits per heavy atom. The number of fused-ring (bicyclic) bond motifs is 6. The molecule has 0 unspecified atom stereocenters. The zero-order valence-corrected chi connectivity index (χ0v) is 29.8. The summed E-state index contributed by atoms with van der Waals surface area (Å²) in [6.45, 7) is 0. The van der Waals surface area contributed by atoms with Crippen LogP contribution in [-0.2, 0) is 0 Å². The van der Waals surface area contributed by atoms with E-state index in [0.29, 0.717) is 34.2 Å². The zero-order chi connectivity index (χ0) is 41.4. The number of furan rings is 1. The average molecular weight is 722 g/mol. The molecule has 56 heavy (non-hydrogen) atoms. The van der Waals surface area contributed by atoms with Crippen LogP contribution in [-0.4, -0.2) is 19.5 Å². The second-order valence-electron chi connectivity index (χ2n) is 13.6. The van der Waals surface area contributed by atoms with Gasteiger partial charge in [0, 0.05) is 38.2 Å². The zero-order valence-electron chi connectivity index (χ0n) is 34.8. The van der Waals surface area contributed by atoms with E-state index >= 15 is 0 Å². The van der Waals surface area contributed by atoms with Gasteiger partial charge in [-0.2, -0.15) is 0 Å². The van der Waals surface area contributed by atoms with Gasteiger partial charge in [0.05, 0.1) is 23.6 Å². The topological polar surface area (TPSA) is 56.7 Å². The maximum Gasteiger partial charge on any atom is 0.164 e. The summed E-state index contributed by atoms with van der Waals surface area (Å²) < 4.78 is 51.4. The molecule has 3 aromatic heterocycles. The van der Waals surface area contributed by atoms with Crippen LogP contribution < -0.4 is 0 Å². The predicted octanol–water partition coefficient (Wildman–Crippen LogP) is 13.2. The van der Waals surface area contributed by atoms with Crippen molar-refractivity contribution in [3.63, 3.8) is 0 Å². The Kier molecular flexibility index (Phi) is 6.29. The van der Waals surface area contributed by atoms with Crippen LogP contribution in [0.2, 0.25) is 0 Å². The highest BCUT2D eigenvalue weighted by Gasteiger charge is 2.23. The van der Waals surface area contributed by atoms with Crippen molar-refractivity contribution >= 4 is 43.7 Å². The molecule has 0 radical (unpaired) electrons. The Balaban J connectivity index is 1.20. The van der Waals surface area contributed by atoms with Gasteiger partial charge in [-0.15, -0.1) is 0 Å². The largest absolute Gasteiger partial charge is 0.454 e. The van der Waals surface area contributed by atoms with E-state index in [-0.39, 0.29) is 29.7 Å². The molecule has 0 spiro atoms. The smallest absolute Gasteiger partial charge is 0.164 e. The molecule has 0 aliphatic rings. The number of benzene rings is 8. The third-order valence-electron chi connectivity index (χ3n) is 10.3. The molecular weight excluding hydrogens is 685 g/mol. The Labute approximate surface area is 329 Å². The first kappa shape index (κ1) is 27.0. The molecule has 0 N–H and O–H groups in total. The first-order chi connectivity index (χ1) is 29.8. The molecule has 5 heteroatoms. The van der Waals surface area contributed by atoms with Gasteiger partial charge in [-0.05, 0) is 58.7 Å². The van der Waals surface area contributed by atoms with Gasteiger partial charge in [-0.25, -0.2) is 15.0 Å². The fourth-order valence-electron chi connectivity index (χ4n) is 7.77. The highest BCUT2D eigenvalue weighted by atomic mass is 16.3. The van der Waals surface area contributed by atoms with Crippen LogP contribution in [0.3, 0.4) is 0 Å². The third kappa shape index (κ3) is 5.29. The van der Waals surface area contributed by atoms with Crippen molar-refractivity contribution in [2.45, 2.75) is 0 Å². The van der Waals surface area contributed by atoms with Crippen LogP contribution in [0.15, 0.2) is 198 Å². The molecule has 5 nitrogen and oxygen atoms in total. The normalized spacial score (nSPS) is 12.8. The molecule has 0 amide bonds. The lowest BCUT2D eigenvalue weighted by Crippen LogP contribution is -2.00. The fourth-order valence-corrected chi connectivity index (χ4v) is 7.77. The van der Waals surface area contributed by atoms with Gasteiger partial charge in [-0.3, -0.25) is 0 Å². The van der Waals surface area contributed by atoms with E-state index < -0.39 is 6.04 Å². The summed E-state index contributed by atoms with van der Waals surface area (Å²) in [5.41, 5.74) is 9.18. The lowest BCUT2D eigenvalue weighted by Gasteiger charge is -2.12. The van der Waals surface area contributed by atoms with E-state index in [2.05, 4.69) is 34.9 Å². The molecular formula is C51H32N4O. The summed E-state index contributed by atoms with van der Waals surface area (Å²) in [4.78, 5) is 15.1. The lowest BCUT2D eigenvalue weighted by atomic mass is 9.99. The lowest BCUT2D eigenvalue weighted by molar-refractivity contribution is 0.666. The van der Waals surface area contributed by atoms with E-state index in [1.165, 1.54) is 0 Å². The molecule has 0 aliphatic carbocycles. The highest BCUT2D eigenvalue weighted by molar-refractivity contribution is 6.17. The predicted molar refractivity (Wildman–Crippen MR) is 229 cm³/mol. The Hall–Kier alpha value is -7.63. The van der Waals surface area contributed by atoms with Gasteiger partial charge in [0.15, 0.2) is 23.1 Å². The van der Waals surface area contributed by atoms with Crippen molar-refractivity contribution in [3.05, 3.63) is 194 Å². The SMILES string of the molecule is [2H]c1c([2H])c([2H])c(-c2ccc3c(c2)c2ccccc2n3-c2cc(-c3ccccc3)cc3c2oc2cccc(-c4nc(-c5ccccc5)nc(-c5ccccc5)n4)c23)c([2H])c1[2H]. The van der Waals surface area contributed by atoms with Crippen molar-refractivity contribution in [3.8, 4) is 62.1 Å². The Morgan fingerprint density at radius 2 is 1.04 bits per heavy atom. The van der Waals surface area contributed by atoms with Gasteiger partial charge in [-0.1, -0.05) is 158 Å². The molecule has 0 atom stereocenters. The van der Waals surface area contributed by atoms with Crippen LogP contribution in [0.1, 0.15) is 6.85 Å². The van der Waals surface area contributed by atoms with Crippen LogP contribution >= 0.6 is 0 Å². The number of aromatic nitrogens is 4. The minimum Gasteiger partial charge on any atom is -0.454 e. The van der Waals surface area contributed by atoms with Gasteiger partial charge in [0.25, 0.3) is 0 Å². The standard InChI is InChI=1S/C51H32N4O/c1-5-16-33(17-6-1)37-28-29-44-41(30-37)39-24-13-14-26-43(39)55(44)45-32-38(34-18-7-2-8-19-34)31-42-47-40(25-15-27-46(47)56-48(42)45)51-53-49(35-20-9-3-10-21-35)52-50(54-51)36-22-11-4-12-23-36/h1-32H/i1D,5D,6D,16D,17D. The van der Waals surface area contributed by atoms with Crippen molar-refractivity contribution in [2.75, 3.05) is 0 Å². The van der Waals surface area contributed by atoms with Crippen LogP contribution in [0.5, 0.6) is 0 Å². The van der Waals surface area contributed by atoms with Crippen LogP contribution in [0.4, 0.5) is 0 Å². The van der Waals surface area contributed by atoms with Gasteiger partial charge < -0.3 is 8.98 Å². The summed E-state index contributed by atoms with van der Waals surface area (Å²) in [5, 5.41) is 3.55. The van der Waals surface area contributed by atoms with Crippen LogP contribution in [0.25, 0.3) is 106 Å². The molecule has 11 rings (SSSR count). The van der Waals surface area contributed by atoms with Crippen LogP contribution in [0, 0.1) is 0 Å². The Morgan fingerprint density at radius 1 is 0.429 bits per heavy atom. The maximum atomic E-state index is 8.72. The van der Waals surface area contributed by atoms with Crippen molar-refractivity contribution < 1.29 is 11.3 Å². The molecule has 0 fully saturated rings. The molecule has 11 aromatic rings. The number of hydrogen-bond donors (Lipinski definition) is 0. The summed E-state index contributed by atoms with van der Waals surface area (Å²) in [6, 6.07) is 52.5. The van der Waals surface area contributed by atoms with E-state index in [4.69, 9.17) is 26.2 Å². The molecule has 0 saturated carbocycles. The van der Waals surface area contributed by atoms with E-state index in [1.54, 1.807) is 0 Å². The van der Waals surface area contributed by atoms with Gasteiger partial charge in [0.2, 0.25) is 0 Å². The average Bonchev–Trinajstić information content (AvgIpc) is 3.86.